The number of amides is 1. The van der Waals surface area contributed by atoms with Gasteiger partial charge in [-0.1, -0.05) is 249 Å². The molecule has 0 spiro atoms. The number of carbonyl (C=O) groups excluding carboxylic acids is 1. The van der Waals surface area contributed by atoms with Gasteiger partial charge in [-0.05, 0) is 57.8 Å². The van der Waals surface area contributed by atoms with E-state index in [9.17, 15) is 30.3 Å². The molecule has 1 amide bonds. The Kier molecular flexibility index (Phi) is 46.4. The molecule has 400 valence electrons. The van der Waals surface area contributed by atoms with Crippen LogP contribution in [0.5, 0.6) is 0 Å². The van der Waals surface area contributed by atoms with Crippen LogP contribution in [0.15, 0.2) is 36.5 Å². The van der Waals surface area contributed by atoms with Gasteiger partial charge in [0, 0.05) is 6.42 Å². The van der Waals surface area contributed by atoms with Gasteiger partial charge in [-0.3, -0.25) is 4.79 Å². The summed E-state index contributed by atoms with van der Waals surface area (Å²) >= 11 is 0. The largest absolute Gasteiger partial charge is 0.394 e. The Labute approximate surface area is 419 Å². The molecule has 9 nitrogen and oxygen atoms in total. The molecule has 1 aliphatic rings. The average molecular weight is 963 g/mol. The van der Waals surface area contributed by atoms with Crippen molar-refractivity contribution in [3.05, 3.63) is 36.5 Å². The molecule has 0 aromatic heterocycles. The van der Waals surface area contributed by atoms with Crippen molar-refractivity contribution in [2.45, 2.75) is 320 Å². The molecule has 7 atom stereocenters. The minimum Gasteiger partial charge on any atom is -0.394 e. The highest BCUT2D eigenvalue weighted by Crippen LogP contribution is 2.23. The maximum absolute atomic E-state index is 13.0. The van der Waals surface area contributed by atoms with Gasteiger partial charge in [0.2, 0.25) is 5.91 Å². The zero-order chi connectivity index (χ0) is 49.4. The topological polar surface area (TPSA) is 149 Å². The predicted octanol–water partition coefficient (Wildman–Crippen LogP) is 14.4. The lowest BCUT2D eigenvalue weighted by atomic mass is 9.99. The molecule has 0 aromatic rings. The average Bonchev–Trinajstić information content (AvgIpc) is 3.34. The Morgan fingerprint density at radius 1 is 0.485 bits per heavy atom. The molecule has 0 aromatic carbocycles. The Hall–Kier alpha value is -1.59. The number of hydrogen-bond acceptors (Lipinski definition) is 8. The molecule has 0 radical (unpaired) electrons. The highest BCUT2D eigenvalue weighted by atomic mass is 16.7. The van der Waals surface area contributed by atoms with E-state index in [4.69, 9.17) is 9.47 Å². The van der Waals surface area contributed by atoms with Crippen LogP contribution < -0.4 is 5.32 Å². The van der Waals surface area contributed by atoms with Crippen LogP contribution in [0.3, 0.4) is 0 Å². The summed E-state index contributed by atoms with van der Waals surface area (Å²) in [5.74, 6) is -0.184. The van der Waals surface area contributed by atoms with Gasteiger partial charge in [-0.2, -0.15) is 0 Å². The van der Waals surface area contributed by atoms with Crippen LogP contribution in [0.25, 0.3) is 0 Å². The highest BCUT2D eigenvalue weighted by molar-refractivity contribution is 5.76. The minimum atomic E-state index is -1.57. The van der Waals surface area contributed by atoms with Crippen molar-refractivity contribution in [1.29, 1.82) is 0 Å². The molecule has 0 bridgehead atoms. The van der Waals surface area contributed by atoms with Gasteiger partial charge in [-0.25, -0.2) is 0 Å². The molecule has 7 unspecified atom stereocenters. The zero-order valence-corrected chi connectivity index (χ0v) is 44.4. The fourth-order valence-electron chi connectivity index (χ4n) is 9.29. The Morgan fingerprint density at radius 3 is 1.24 bits per heavy atom. The fourth-order valence-corrected chi connectivity index (χ4v) is 9.29. The van der Waals surface area contributed by atoms with E-state index in [1.54, 1.807) is 6.08 Å². The predicted molar refractivity (Wildman–Crippen MR) is 286 cm³/mol. The molecule has 0 aliphatic carbocycles. The maximum atomic E-state index is 13.0. The first-order chi connectivity index (χ1) is 33.3. The lowest BCUT2D eigenvalue weighted by Crippen LogP contribution is -2.60. The fraction of sp³-hybridized carbons (Fsp3) is 0.881. The van der Waals surface area contributed by atoms with Gasteiger partial charge < -0.3 is 40.3 Å². The third-order valence-electron chi connectivity index (χ3n) is 13.9. The van der Waals surface area contributed by atoms with Crippen LogP contribution in [-0.2, 0) is 14.3 Å². The molecule has 0 saturated carbocycles. The van der Waals surface area contributed by atoms with Crippen molar-refractivity contribution in [3.63, 3.8) is 0 Å². The number of hydrogen-bond donors (Lipinski definition) is 6. The van der Waals surface area contributed by atoms with E-state index in [1.807, 2.05) is 6.08 Å². The van der Waals surface area contributed by atoms with Crippen LogP contribution in [0, 0.1) is 0 Å². The second-order valence-electron chi connectivity index (χ2n) is 20.4. The van der Waals surface area contributed by atoms with Crippen LogP contribution in [-0.4, -0.2) is 87.5 Å². The second kappa shape index (κ2) is 49.0. The zero-order valence-electron chi connectivity index (χ0n) is 44.4. The van der Waals surface area contributed by atoms with Crippen LogP contribution in [0.2, 0.25) is 0 Å². The van der Waals surface area contributed by atoms with Gasteiger partial charge in [0.1, 0.15) is 24.4 Å². The minimum absolute atomic E-state index is 0.184. The van der Waals surface area contributed by atoms with E-state index in [-0.39, 0.29) is 12.5 Å². The van der Waals surface area contributed by atoms with E-state index in [0.29, 0.717) is 6.42 Å². The lowest BCUT2D eigenvalue weighted by molar-refractivity contribution is -0.302. The molecule has 1 rings (SSSR count). The van der Waals surface area contributed by atoms with Crippen molar-refractivity contribution in [2.24, 2.45) is 0 Å². The summed E-state index contributed by atoms with van der Waals surface area (Å²) in [5, 5.41) is 54.4. The summed E-state index contributed by atoms with van der Waals surface area (Å²) in [6.45, 7) is 3.78. The van der Waals surface area contributed by atoms with Crippen molar-refractivity contribution < 1.29 is 39.8 Å². The smallest absolute Gasteiger partial charge is 0.220 e. The number of unbranched alkanes of at least 4 members (excludes halogenated alkanes) is 36. The van der Waals surface area contributed by atoms with Crippen LogP contribution in [0.1, 0.15) is 277 Å². The molecule has 68 heavy (non-hydrogen) atoms. The first-order valence-corrected chi connectivity index (χ1v) is 29.2. The van der Waals surface area contributed by atoms with Gasteiger partial charge >= 0.3 is 0 Å². The van der Waals surface area contributed by atoms with Gasteiger partial charge in [0.15, 0.2) is 6.29 Å². The van der Waals surface area contributed by atoms with Crippen molar-refractivity contribution >= 4 is 5.91 Å². The summed E-state index contributed by atoms with van der Waals surface area (Å²) in [5.41, 5.74) is 0. The molecule has 1 heterocycles. The van der Waals surface area contributed by atoms with E-state index in [0.717, 1.165) is 38.5 Å². The monoisotopic (exact) mass is 962 g/mol. The van der Waals surface area contributed by atoms with Crippen LogP contribution in [0.4, 0.5) is 0 Å². The van der Waals surface area contributed by atoms with E-state index >= 15 is 0 Å². The number of aliphatic hydroxyl groups excluding tert-OH is 5. The lowest BCUT2D eigenvalue weighted by Gasteiger charge is -2.40. The Balaban J connectivity index is 2.16. The second-order valence-corrected chi connectivity index (χ2v) is 20.4. The molecule has 6 N–H and O–H groups in total. The molecule has 9 heteroatoms. The number of rotatable bonds is 50. The van der Waals surface area contributed by atoms with E-state index in [2.05, 4.69) is 43.5 Å². The van der Waals surface area contributed by atoms with Crippen LogP contribution >= 0.6 is 0 Å². The van der Waals surface area contributed by atoms with Gasteiger partial charge in [-0.15, -0.1) is 0 Å². The normalized spacial score (nSPS) is 19.8. The van der Waals surface area contributed by atoms with E-state index in [1.165, 1.54) is 218 Å². The Bertz CT molecular complexity index is 1160. The molecular formula is C59H111NO8. The first kappa shape index (κ1) is 64.4. The summed E-state index contributed by atoms with van der Waals surface area (Å²) in [4.78, 5) is 13.0. The first-order valence-electron chi connectivity index (χ1n) is 29.2. The number of allylic oxidation sites excluding steroid dienone is 5. The third-order valence-corrected chi connectivity index (χ3v) is 13.9. The molecular weight excluding hydrogens is 851 g/mol. The van der Waals surface area contributed by atoms with Crippen molar-refractivity contribution in [3.8, 4) is 0 Å². The van der Waals surface area contributed by atoms with Gasteiger partial charge in [0.25, 0.3) is 0 Å². The third kappa shape index (κ3) is 38.1. The summed E-state index contributed by atoms with van der Waals surface area (Å²) in [6.07, 6.45) is 56.5. The number of aliphatic hydroxyl groups is 5. The maximum Gasteiger partial charge on any atom is 0.220 e. The van der Waals surface area contributed by atoms with E-state index < -0.39 is 49.5 Å². The quantitative estimate of drug-likeness (QED) is 0.0261. The summed E-state index contributed by atoms with van der Waals surface area (Å²) in [7, 11) is 0. The van der Waals surface area contributed by atoms with Crippen molar-refractivity contribution in [2.75, 3.05) is 13.2 Å². The molecule has 1 saturated heterocycles. The number of nitrogens with one attached hydrogen (secondary N) is 1. The standard InChI is InChI=1S/C59H111NO8/c1-3-5-7-9-11-13-15-17-19-20-21-22-23-24-25-26-27-28-29-30-31-32-33-35-37-39-41-43-45-47-49-55(63)60-52(51-67-59-58(66)57(65)56(64)54(50-61)68-59)53(62)48-46-44-42-40-38-36-34-18-16-14-12-10-8-6-4-2/h24-25,38,40,46,48,52-54,56-59,61-62,64-66H,3-23,26-37,39,41-45,47,49-51H2,1-2H3,(H,60,63)/b25-24-,40-38+,48-46+. The van der Waals surface area contributed by atoms with Gasteiger partial charge in [0.05, 0.1) is 25.4 Å². The molecule has 1 fully saturated rings. The molecule has 1 aliphatic heterocycles. The number of carbonyl (C=O) groups is 1. The van der Waals surface area contributed by atoms with Crippen molar-refractivity contribution in [1.82, 2.24) is 5.32 Å². The summed E-state index contributed by atoms with van der Waals surface area (Å²) < 4.78 is 11.2. The summed E-state index contributed by atoms with van der Waals surface area (Å²) in [6, 6.07) is -0.820. The highest BCUT2D eigenvalue weighted by Gasteiger charge is 2.44. The Morgan fingerprint density at radius 2 is 0.838 bits per heavy atom. The number of ether oxygens (including phenoxy) is 2. The SMILES string of the molecule is CCCCCCCCCCC/C=C/CC/C=C/C(O)C(COC1OC(CO)C(O)C(O)C1O)NC(=O)CCCCCCCCCCCCCCCC/C=C\CCCCCCCCCCCCCC.